The van der Waals surface area contributed by atoms with E-state index in [1.807, 2.05) is 6.92 Å². The van der Waals surface area contributed by atoms with E-state index < -0.39 is 0 Å². The molecule has 1 fully saturated rings. The number of likely N-dealkylation sites (tertiary alicyclic amines) is 1. The number of hydrogen-bond acceptors (Lipinski definition) is 5. The fourth-order valence-corrected chi connectivity index (χ4v) is 3.40. The van der Waals surface area contributed by atoms with Crippen molar-refractivity contribution in [1.82, 2.24) is 24.0 Å². The van der Waals surface area contributed by atoms with Gasteiger partial charge in [0.2, 0.25) is 0 Å². The molecule has 0 aliphatic carbocycles. The van der Waals surface area contributed by atoms with Gasteiger partial charge in [-0.15, -0.1) is 0 Å². The van der Waals surface area contributed by atoms with Crippen LogP contribution in [0.15, 0.2) is 22.6 Å². The number of fused-ring (bicyclic) bond motifs is 1. The highest BCUT2D eigenvalue weighted by Crippen LogP contribution is 2.14. The molecule has 0 saturated carbocycles. The molecule has 0 spiro atoms. The summed E-state index contributed by atoms with van der Waals surface area (Å²) in [5.74, 6) is 0.682. The van der Waals surface area contributed by atoms with Gasteiger partial charge in [0.25, 0.3) is 0 Å². The van der Waals surface area contributed by atoms with Crippen molar-refractivity contribution in [1.29, 1.82) is 0 Å². The summed E-state index contributed by atoms with van der Waals surface area (Å²) >= 11 is 0. The van der Waals surface area contributed by atoms with Crippen LogP contribution in [0.1, 0.15) is 38.4 Å². The van der Waals surface area contributed by atoms with E-state index in [9.17, 15) is 9.59 Å². The molecule has 3 rings (SSSR count). The molecule has 1 amide bonds. The van der Waals surface area contributed by atoms with E-state index in [0.717, 1.165) is 25.7 Å². The summed E-state index contributed by atoms with van der Waals surface area (Å²) in [7, 11) is 3.33. The number of ether oxygens (including phenoxy) is 1. The summed E-state index contributed by atoms with van der Waals surface area (Å²) in [6.07, 6.45) is 8.25. The van der Waals surface area contributed by atoms with Gasteiger partial charge in [0.15, 0.2) is 5.65 Å². The van der Waals surface area contributed by atoms with Gasteiger partial charge in [0.05, 0.1) is 12.8 Å². The van der Waals surface area contributed by atoms with Gasteiger partial charge in [0, 0.05) is 33.7 Å². The summed E-state index contributed by atoms with van der Waals surface area (Å²) in [5, 5.41) is 0. The molecule has 0 radical (unpaired) electrons. The number of unbranched alkanes of at least 4 members (excludes halogenated alkanes) is 1. The third kappa shape index (κ3) is 4.10. The van der Waals surface area contributed by atoms with Crippen LogP contribution in [-0.4, -0.2) is 56.8 Å². The number of imidazole rings is 1. The number of carbonyl (C=O) groups is 1. The minimum absolute atomic E-state index is 0.279. The Labute approximate surface area is 158 Å². The molecule has 2 aromatic heterocycles. The Morgan fingerprint density at radius 2 is 2.07 bits per heavy atom. The zero-order chi connectivity index (χ0) is 19.4. The third-order valence-electron chi connectivity index (χ3n) is 4.87. The minimum atomic E-state index is -0.369. The van der Waals surface area contributed by atoms with Gasteiger partial charge in [-0.2, -0.15) is 0 Å². The summed E-state index contributed by atoms with van der Waals surface area (Å²) in [4.78, 5) is 35.9. The lowest BCUT2D eigenvalue weighted by Crippen LogP contribution is -2.38. The van der Waals surface area contributed by atoms with Crippen LogP contribution in [0.4, 0.5) is 4.79 Å². The normalized spacial score (nSPS) is 15.1. The monoisotopic (exact) mass is 373 g/mol. The number of hydrogen-bond donors (Lipinski definition) is 0. The first kappa shape index (κ1) is 19.3. The van der Waals surface area contributed by atoms with Crippen LogP contribution in [0.2, 0.25) is 0 Å². The highest BCUT2D eigenvalue weighted by Gasteiger charge is 2.25. The maximum atomic E-state index is 12.7. The van der Waals surface area contributed by atoms with Crippen LogP contribution >= 0.6 is 0 Å². The van der Waals surface area contributed by atoms with Gasteiger partial charge >= 0.3 is 11.7 Å². The van der Waals surface area contributed by atoms with Crippen molar-refractivity contribution >= 4 is 17.2 Å². The maximum Gasteiger partial charge on any atom is 0.338 e. The second kappa shape index (κ2) is 8.47. The van der Waals surface area contributed by atoms with Gasteiger partial charge in [0.1, 0.15) is 11.3 Å². The van der Waals surface area contributed by atoms with Gasteiger partial charge in [-0.1, -0.05) is 11.6 Å². The summed E-state index contributed by atoms with van der Waals surface area (Å²) in [5.41, 5.74) is 1.81. The first-order valence-electron chi connectivity index (χ1n) is 9.40. The van der Waals surface area contributed by atoms with Crippen molar-refractivity contribution in [3.05, 3.63) is 34.2 Å². The van der Waals surface area contributed by atoms with E-state index in [-0.39, 0.29) is 11.7 Å². The molecule has 0 N–H and O–H groups in total. The summed E-state index contributed by atoms with van der Waals surface area (Å²) in [6, 6.07) is -0.279. The molecule has 1 aliphatic rings. The van der Waals surface area contributed by atoms with E-state index in [2.05, 4.69) is 16.0 Å². The lowest BCUT2D eigenvalue weighted by molar-refractivity contribution is 0.210. The fraction of sp³-hybridized carbons (Fsp3) is 0.579. The largest absolute Gasteiger partial charge is 0.380 e. The Balaban J connectivity index is 1.78. The van der Waals surface area contributed by atoms with E-state index in [0.29, 0.717) is 43.1 Å². The standard InChI is InChI=1S/C19H27N5O3/c1-14(13-27-3)8-4-5-9-16-20-12-15-17(21-16)22(2)18(25)24(15)19(26)23-10-6-7-11-23/h8,12H,4-7,9-11,13H2,1-3H3/b14-8+. The highest BCUT2D eigenvalue weighted by molar-refractivity contribution is 5.87. The van der Waals surface area contributed by atoms with Crippen molar-refractivity contribution in [2.24, 2.45) is 7.05 Å². The van der Waals surface area contributed by atoms with Crippen LogP contribution in [0.25, 0.3) is 11.2 Å². The average Bonchev–Trinajstić information content (AvgIpc) is 3.27. The predicted molar refractivity (Wildman–Crippen MR) is 103 cm³/mol. The zero-order valence-corrected chi connectivity index (χ0v) is 16.3. The first-order valence-corrected chi connectivity index (χ1v) is 9.40. The van der Waals surface area contributed by atoms with Crippen LogP contribution in [-0.2, 0) is 18.2 Å². The second-order valence-corrected chi connectivity index (χ2v) is 7.02. The Kier molecular flexibility index (Phi) is 6.05. The van der Waals surface area contributed by atoms with Crippen molar-refractivity contribution in [3.8, 4) is 0 Å². The highest BCUT2D eigenvalue weighted by atomic mass is 16.5. The number of nitrogens with zero attached hydrogens (tertiary/aromatic N) is 5. The topological polar surface area (TPSA) is 82.2 Å². The van der Waals surface area contributed by atoms with Crippen LogP contribution in [0.3, 0.4) is 0 Å². The molecule has 27 heavy (non-hydrogen) atoms. The van der Waals surface area contributed by atoms with Crippen molar-refractivity contribution < 1.29 is 9.53 Å². The second-order valence-electron chi connectivity index (χ2n) is 7.02. The smallest absolute Gasteiger partial charge is 0.338 e. The lowest BCUT2D eigenvalue weighted by Gasteiger charge is -2.14. The number of rotatable bonds is 6. The van der Waals surface area contributed by atoms with Gasteiger partial charge in [-0.25, -0.2) is 24.1 Å². The quantitative estimate of drug-likeness (QED) is 0.572. The Morgan fingerprint density at radius 1 is 1.33 bits per heavy atom. The number of aryl methyl sites for hydroxylation is 2. The molecule has 1 aliphatic heterocycles. The number of allylic oxidation sites excluding steroid dienone is 1. The maximum absolute atomic E-state index is 12.7. The van der Waals surface area contributed by atoms with Gasteiger partial charge in [-0.3, -0.25) is 4.57 Å². The van der Waals surface area contributed by atoms with E-state index in [1.165, 1.54) is 14.7 Å². The summed E-state index contributed by atoms with van der Waals surface area (Å²) in [6.45, 7) is 4.07. The number of amides is 1. The molecular formula is C19H27N5O3. The molecule has 0 atom stereocenters. The lowest BCUT2D eigenvalue weighted by atomic mass is 10.2. The van der Waals surface area contributed by atoms with Crippen LogP contribution in [0, 0.1) is 0 Å². The molecule has 0 unspecified atom stereocenters. The molecule has 2 aromatic rings. The Bertz CT molecular complexity index is 906. The molecule has 0 bridgehead atoms. The van der Waals surface area contributed by atoms with E-state index >= 15 is 0 Å². The van der Waals surface area contributed by atoms with Crippen molar-refractivity contribution in [2.45, 2.75) is 39.0 Å². The Morgan fingerprint density at radius 3 is 2.78 bits per heavy atom. The fourth-order valence-electron chi connectivity index (χ4n) is 3.40. The zero-order valence-electron chi connectivity index (χ0n) is 16.3. The molecular weight excluding hydrogens is 346 g/mol. The van der Waals surface area contributed by atoms with Crippen molar-refractivity contribution in [3.63, 3.8) is 0 Å². The molecule has 3 heterocycles. The molecule has 8 heteroatoms. The predicted octanol–water partition coefficient (Wildman–Crippen LogP) is 2.11. The van der Waals surface area contributed by atoms with E-state index in [1.54, 1.807) is 25.3 Å². The SMILES string of the molecule is COC/C(C)=C/CCCc1ncc2c(n1)n(C)c(=O)n2C(=O)N1CCCC1. The average molecular weight is 373 g/mol. The van der Waals surface area contributed by atoms with Gasteiger partial charge < -0.3 is 9.64 Å². The molecule has 0 aromatic carbocycles. The molecule has 1 saturated heterocycles. The minimum Gasteiger partial charge on any atom is -0.380 e. The van der Waals surface area contributed by atoms with Crippen molar-refractivity contribution in [2.75, 3.05) is 26.8 Å². The molecule has 8 nitrogen and oxygen atoms in total. The first-order chi connectivity index (χ1) is 13.0. The Hall–Kier alpha value is -2.48. The summed E-state index contributed by atoms with van der Waals surface area (Å²) < 4.78 is 7.71. The third-order valence-corrected chi connectivity index (χ3v) is 4.87. The van der Waals surface area contributed by atoms with Gasteiger partial charge in [-0.05, 0) is 32.6 Å². The number of aromatic nitrogens is 4. The van der Waals surface area contributed by atoms with Crippen LogP contribution < -0.4 is 5.69 Å². The number of methoxy groups -OCH3 is 1. The number of carbonyl (C=O) groups excluding carboxylic acids is 1. The van der Waals surface area contributed by atoms with E-state index in [4.69, 9.17) is 4.74 Å². The molecule has 146 valence electrons. The van der Waals surface area contributed by atoms with Crippen LogP contribution in [0.5, 0.6) is 0 Å².